The maximum absolute atomic E-state index is 13.3. The Hall–Kier alpha value is -1.89. The number of nitrogens with one attached hydrogen (secondary N) is 1. The largest absolute Gasteiger partial charge is 0.497 e. The predicted molar refractivity (Wildman–Crippen MR) is 138 cm³/mol. The van der Waals surface area contributed by atoms with E-state index < -0.39 is 6.04 Å². The number of rotatable bonds is 12. The molecule has 0 saturated carbocycles. The number of methoxy groups -OCH3 is 1. The average Bonchev–Trinajstić information content (AvgIpc) is 2.80. The lowest BCUT2D eigenvalue weighted by Crippen LogP contribution is -2.51. The highest BCUT2D eigenvalue weighted by atomic mass is 35.5. The summed E-state index contributed by atoms with van der Waals surface area (Å²) in [6.45, 7) is 6.12. The Morgan fingerprint density at radius 2 is 1.79 bits per heavy atom. The summed E-state index contributed by atoms with van der Waals surface area (Å²) in [5, 5.41) is 4.01. The van der Waals surface area contributed by atoms with Crippen molar-refractivity contribution in [3.8, 4) is 5.75 Å². The van der Waals surface area contributed by atoms with Gasteiger partial charge in [0.25, 0.3) is 0 Å². The van der Waals surface area contributed by atoms with Gasteiger partial charge in [0, 0.05) is 28.4 Å². The third-order valence-corrected chi connectivity index (χ3v) is 6.97. The number of halogens is 2. The molecule has 5 nitrogen and oxygen atoms in total. The van der Waals surface area contributed by atoms with Gasteiger partial charge < -0.3 is 15.0 Å². The molecule has 2 amide bonds. The maximum Gasteiger partial charge on any atom is 0.243 e. The molecule has 0 aliphatic heterocycles. The minimum Gasteiger partial charge on any atom is -0.497 e. The lowest BCUT2D eigenvalue weighted by Gasteiger charge is -2.31. The molecule has 0 spiro atoms. The van der Waals surface area contributed by atoms with Gasteiger partial charge in [0.1, 0.15) is 11.8 Å². The van der Waals surface area contributed by atoms with Gasteiger partial charge in [-0.15, -0.1) is 11.8 Å². The minimum atomic E-state index is -0.583. The normalized spacial score (nSPS) is 12.7. The standard InChI is InChI=1S/C25H32Cl2N2O3S/c1-5-17(3)28-25(31)23(6-2)29(14-19-9-10-20(26)13-22(19)27)24(30)16-33-15-18-7-11-21(32-4)12-8-18/h7-13,17,23H,5-6,14-16H2,1-4H3,(H,28,31)/t17-,23+/m1/s1. The molecule has 2 aromatic rings. The molecule has 0 heterocycles. The highest BCUT2D eigenvalue weighted by Gasteiger charge is 2.29. The van der Waals surface area contributed by atoms with Crippen molar-refractivity contribution >= 4 is 46.8 Å². The Labute approximate surface area is 211 Å². The number of benzene rings is 2. The van der Waals surface area contributed by atoms with Crippen molar-refractivity contribution in [1.82, 2.24) is 10.2 Å². The Morgan fingerprint density at radius 3 is 2.36 bits per heavy atom. The number of carbonyl (C=O) groups excluding carboxylic acids is 2. The smallest absolute Gasteiger partial charge is 0.243 e. The van der Waals surface area contributed by atoms with E-state index in [1.54, 1.807) is 30.2 Å². The van der Waals surface area contributed by atoms with Crippen molar-refractivity contribution in [2.75, 3.05) is 12.9 Å². The second kappa shape index (κ2) is 13.7. The predicted octanol–water partition coefficient (Wildman–Crippen LogP) is 5.96. The quantitative estimate of drug-likeness (QED) is 0.382. The highest BCUT2D eigenvalue weighted by molar-refractivity contribution is 7.99. The summed E-state index contributed by atoms with van der Waals surface area (Å²) in [7, 11) is 1.63. The number of carbonyl (C=O) groups is 2. The molecule has 0 radical (unpaired) electrons. The summed E-state index contributed by atoms with van der Waals surface area (Å²) >= 11 is 13.9. The van der Waals surface area contributed by atoms with E-state index in [9.17, 15) is 9.59 Å². The van der Waals surface area contributed by atoms with Crippen LogP contribution in [0.15, 0.2) is 42.5 Å². The summed E-state index contributed by atoms with van der Waals surface area (Å²) in [6.07, 6.45) is 1.32. The summed E-state index contributed by atoms with van der Waals surface area (Å²) in [5.74, 6) is 1.48. The number of ether oxygens (including phenoxy) is 1. The Balaban J connectivity index is 2.16. The monoisotopic (exact) mass is 510 g/mol. The molecule has 0 aliphatic carbocycles. The molecule has 0 unspecified atom stereocenters. The third kappa shape index (κ3) is 8.43. The van der Waals surface area contributed by atoms with Crippen LogP contribution >= 0.6 is 35.0 Å². The van der Waals surface area contributed by atoms with Gasteiger partial charge in [-0.2, -0.15) is 0 Å². The van der Waals surface area contributed by atoms with Crippen LogP contribution < -0.4 is 10.1 Å². The van der Waals surface area contributed by atoms with Gasteiger partial charge in [-0.3, -0.25) is 9.59 Å². The van der Waals surface area contributed by atoms with Gasteiger partial charge in [-0.25, -0.2) is 0 Å². The van der Waals surface area contributed by atoms with Crippen molar-refractivity contribution in [2.24, 2.45) is 0 Å². The van der Waals surface area contributed by atoms with Crippen molar-refractivity contribution in [3.05, 3.63) is 63.6 Å². The number of hydrogen-bond donors (Lipinski definition) is 1. The number of hydrogen-bond acceptors (Lipinski definition) is 4. The van der Waals surface area contributed by atoms with Gasteiger partial charge in [-0.1, -0.05) is 55.2 Å². The van der Waals surface area contributed by atoms with Crippen LogP contribution in [0, 0.1) is 0 Å². The van der Waals surface area contributed by atoms with Crippen LogP contribution in [0.3, 0.4) is 0 Å². The van der Waals surface area contributed by atoms with Crippen LogP contribution in [-0.4, -0.2) is 41.7 Å². The van der Waals surface area contributed by atoms with Crippen molar-refractivity contribution in [3.63, 3.8) is 0 Å². The van der Waals surface area contributed by atoms with Crippen LogP contribution in [-0.2, 0) is 21.9 Å². The Morgan fingerprint density at radius 1 is 1.09 bits per heavy atom. The van der Waals surface area contributed by atoms with Crippen LogP contribution in [0.2, 0.25) is 10.0 Å². The lowest BCUT2D eigenvalue weighted by molar-refractivity contribution is -0.139. The van der Waals surface area contributed by atoms with E-state index in [1.165, 1.54) is 11.8 Å². The number of amides is 2. The topological polar surface area (TPSA) is 58.6 Å². The summed E-state index contributed by atoms with van der Waals surface area (Å²) < 4.78 is 5.19. The van der Waals surface area contributed by atoms with Crippen LogP contribution in [0.25, 0.3) is 0 Å². The molecule has 1 N–H and O–H groups in total. The lowest BCUT2D eigenvalue weighted by atomic mass is 10.1. The minimum absolute atomic E-state index is 0.0343. The molecule has 8 heteroatoms. The van der Waals surface area contributed by atoms with E-state index in [2.05, 4.69) is 5.32 Å². The number of nitrogens with zero attached hydrogens (tertiary/aromatic N) is 1. The zero-order chi connectivity index (χ0) is 24.4. The molecule has 0 fully saturated rings. The first-order valence-electron chi connectivity index (χ1n) is 11.0. The molecule has 0 aliphatic rings. The molecule has 2 aromatic carbocycles. The summed E-state index contributed by atoms with van der Waals surface area (Å²) in [6, 6.07) is 12.4. The summed E-state index contributed by atoms with van der Waals surface area (Å²) in [5.41, 5.74) is 1.85. The van der Waals surface area contributed by atoms with Crippen LogP contribution in [0.4, 0.5) is 0 Å². The fourth-order valence-corrected chi connectivity index (χ4v) is 4.59. The van der Waals surface area contributed by atoms with E-state index >= 15 is 0 Å². The highest BCUT2D eigenvalue weighted by Crippen LogP contribution is 2.25. The summed E-state index contributed by atoms with van der Waals surface area (Å²) in [4.78, 5) is 27.9. The molecule has 180 valence electrons. The average molecular weight is 512 g/mol. The second-order valence-electron chi connectivity index (χ2n) is 7.84. The molecule has 0 saturated heterocycles. The SMILES string of the molecule is CC[C@@H](C)NC(=O)[C@H](CC)N(Cc1ccc(Cl)cc1Cl)C(=O)CSCc1ccc(OC)cc1. The molecule has 0 bridgehead atoms. The second-order valence-corrected chi connectivity index (χ2v) is 9.67. The molecular formula is C25H32Cl2N2O3S. The molecule has 2 rings (SSSR count). The molecule has 33 heavy (non-hydrogen) atoms. The Bertz CT molecular complexity index is 924. The van der Waals surface area contributed by atoms with Gasteiger partial charge >= 0.3 is 0 Å². The van der Waals surface area contributed by atoms with Gasteiger partial charge in [0.15, 0.2) is 0 Å². The van der Waals surface area contributed by atoms with Crippen molar-refractivity contribution < 1.29 is 14.3 Å². The van der Waals surface area contributed by atoms with E-state index in [-0.39, 0.29) is 30.2 Å². The van der Waals surface area contributed by atoms with E-state index in [4.69, 9.17) is 27.9 Å². The first kappa shape index (κ1) is 27.4. The van der Waals surface area contributed by atoms with Gasteiger partial charge in [0.05, 0.1) is 12.9 Å². The molecular weight excluding hydrogens is 479 g/mol. The zero-order valence-corrected chi connectivity index (χ0v) is 21.9. The first-order valence-corrected chi connectivity index (χ1v) is 12.9. The van der Waals surface area contributed by atoms with Crippen LogP contribution in [0.1, 0.15) is 44.7 Å². The fourth-order valence-electron chi connectivity index (χ4n) is 3.25. The van der Waals surface area contributed by atoms with E-state index in [1.807, 2.05) is 45.0 Å². The van der Waals surface area contributed by atoms with Crippen molar-refractivity contribution in [1.29, 1.82) is 0 Å². The first-order chi connectivity index (χ1) is 15.8. The third-order valence-electron chi connectivity index (χ3n) is 5.40. The van der Waals surface area contributed by atoms with Crippen LogP contribution in [0.5, 0.6) is 5.75 Å². The Kier molecular flexibility index (Phi) is 11.4. The molecule has 2 atom stereocenters. The van der Waals surface area contributed by atoms with Gasteiger partial charge in [0.2, 0.25) is 11.8 Å². The fraction of sp³-hybridized carbons (Fsp3) is 0.440. The number of thioether (sulfide) groups is 1. The van der Waals surface area contributed by atoms with E-state index in [0.29, 0.717) is 22.2 Å². The molecule has 0 aromatic heterocycles. The van der Waals surface area contributed by atoms with Crippen molar-refractivity contribution in [2.45, 2.75) is 58.0 Å². The maximum atomic E-state index is 13.3. The zero-order valence-electron chi connectivity index (χ0n) is 19.6. The van der Waals surface area contributed by atoms with E-state index in [0.717, 1.165) is 23.3 Å². The van der Waals surface area contributed by atoms with Gasteiger partial charge in [-0.05, 0) is 55.2 Å².